The van der Waals surface area contributed by atoms with Crippen LogP contribution in [0.2, 0.25) is 0 Å². The molecule has 3 aromatic rings. The zero-order valence-electron chi connectivity index (χ0n) is 18.3. The SMILES string of the molecule is COc1ccc(CC(=O)NCCc2nc3ccccc3n2CCC(C)C)cc1OC. The molecule has 0 aliphatic rings. The third kappa shape index (κ3) is 5.32. The number of aromatic nitrogens is 2. The van der Waals surface area contributed by atoms with E-state index < -0.39 is 0 Å². The highest BCUT2D eigenvalue weighted by Crippen LogP contribution is 2.27. The van der Waals surface area contributed by atoms with Gasteiger partial charge >= 0.3 is 0 Å². The molecule has 30 heavy (non-hydrogen) atoms. The van der Waals surface area contributed by atoms with Crippen LogP contribution in [0.25, 0.3) is 11.0 Å². The minimum Gasteiger partial charge on any atom is -0.493 e. The quantitative estimate of drug-likeness (QED) is 0.550. The molecule has 160 valence electrons. The van der Waals surface area contributed by atoms with Crippen molar-refractivity contribution in [2.45, 2.75) is 39.7 Å². The molecule has 0 spiro atoms. The molecule has 0 bridgehead atoms. The highest BCUT2D eigenvalue weighted by atomic mass is 16.5. The van der Waals surface area contributed by atoms with Gasteiger partial charge in [0, 0.05) is 19.5 Å². The predicted octanol–water partition coefficient (Wildman–Crippen LogP) is 4.00. The molecule has 0 aliphatic heterocycles. The summed E-state index contributed by atoms with van der Waals surface area (Å²) < 4.78 is 12.8. The maximum Gasteiger partial charge on any atom is 0.224 e. The van der Waals surface area contributed by atoms with E-state index in [1.165, 1.54) is 0 Å². The van der Waals surface area contributed by atoms with E-state index in [0.717, 1.165) is 35.4 Å². The van der Waals surface area contributed by atoms with Crippen molar-refractivity contribution in [3.63, 3.8) is 0 Å². The number of benzene rings is 2. The van der Waals surface area contributed by atoms with Gasteiger partial charge in [-0.2, -0.15) is 0 Å². The number of amides is 1. The van der Waals surface area contributed by atoms with Gasteiger partial charge in [-0.05, 0) is 42.2 Å². The second-order valence-electron chi connectivity index (χ2n) is 7.82. The maximum atomic E-state index is 12.4. The summed E-state index contributed by atoms with van der Waals surface area (Å²) in [6.07, 6.45) is 2.09. The number of carbonyl (C=O) groups is 1. The number of ether oxygens (including phenoxy) is 2. The van der Waals surface area contributed by atoms with Crippen molar-refractivity contribution in [3.8, 4) is 11.5 Å². The summed E-state index contributed by atoms with van der Waals surface area (Å²) >= 11 is 0. The molecule has 6 nitrogen and oxygen atoms in total. The van der Waals surface area contributed by atoms with Gasteiger partial charge in [-0.3, -0.25) is 4.79 Å². The lowest BCUT2D eigenvalue weighted by atomic mass is 10.1. The highest BCUT2D eigenvalue weighted by Gasteiger charge is 2.12. The van der Waals surface area contributed by atoms with E-state index in [0.29, 0.717) is 36.8 Å². The highest BCUT2D eigenvalue weighted by molar-refractivity contribution is 5.79. The number of fused-ring (bicyclic) bond motifs is 1. The van der Waals surface area contributed by atoms with Crippen molar-refractivity contribution in [1.82, 2.24) is 14.9 Å². The van der Waals surface area contributed by atoms with Gasteiger partial charge < -0.3 is 19.4 Å². The summed E-state index contributed by atoms with van der Waals surface area (Å²) in [7, 11) is 3.19. The van der Waals surface area contributed by atoms with Crippen molar-refractivity contribution in [2.24, 2.45) is 5.92 Å². The van der Waals surface area contributed by atoms with Gasteiger partial charge in [-0.25, -0.2) is 4.98 Å². The predicted molar refractivity (Wildman–Crippen MR) is 119 cm³/mol. The Morgan fingerprint density at radius 1 is 1.10 bits per heavy atom. The smallest absolute Gasteiger partial charge is 0.224 e. The van der Waals surface area contributed by atoms with Crippen molar-refractivity contribution in [2.75, 3.05) is 20.8 Å². The Labute approximate surface area is 178 Å². The van der Waals surface area contributed by atoms with Crippen LogP contribution in [0.15, 0.2) is 42.5 Å². The molecule has 6 heteroatoms. The Kier molecular flexibility index (Phi) is 7.33. The van der Waals surface area contributed by atoms with Crippen LogP contribution < -0.4 is 14.8 Å². The van der Waals surface area contributed by atoms with Crippen molar-refractivity contribution in [1.29, 1.82) is 0 Å². The van der Waals surface area contributed by atoms with E-state index >= 15 is 0 Å². The lowest BCUT2D eigenvalue weighted by molar-refractivity contribution is -0.120. The number of hydrogen-bond acceptors (Lipinski definition) is 4. The fourth-order valence-electron chi connectivity index (χ4n) is 3.51. The molecule has 1 N–H and O–H groups in total. The first kappa shape index (κ1) is 21.7. The number of nitrogens with one attached hydrogen (secondary N) is 1. The fraction of sp³-hybridized carbons (Fsp3) is 0.417. The van der Waals surface area contributed by atoms with Crippen LogP contribution in [0.4, 0.5) is 0 Å². The number of carbonyl (C=O) groups excluding carboxylic acids is 1. The van der Waals surface area contributed by atoms with Gasteiger partial charge in [0.2, 0.25) is 5.91 Å². The van der Waals surface area contributed by atoms with E-state index in [-0.39, 0.29) is 5.91 Å². The number of rotatable bonds is 10. The lowest BCUT2D eigenvalue weighted by Gasteiger charge is -2.12. The molecule has 0 radical (unpaired) electrons. The summed E-state index contributed by atoms with van der Waals surface area (Å²) in [6.45, 7) is 5.95. The van der Waals surface area contributed by atoms with Gasteiger partial charge in [0.15, 0.2) is 11.5 Å². The monoisotopic (exact) mass is 409 g/mol. The fourth-order valence-corrected chi connectivity index (χ4v) is 3.51. The zero-order chi connectivity index (χ0) is 21.5. The molecule has 1 amide bonds. The molecule has 0 saturated carbocycles. The molecule has 1 heterocycles. The average Bonchev–Trinajstić information content (AvgIpc) is 3.09. The van der Waals surface area contributed by atoms with Gasteiger partial charge in [0.05, 0.1) is 31.7 Å². The number of methoxy groups -OCH3 is 2. The summed E-state index contributed by atoms with van der Waals surface area (Å²) in [4.78, 5) is 17.2. The van der Waals surface area contributed by atoms with Crippen LogP contribution in [-0.4, -0.2) is 36.2 Å². The first-order chi connectivity index (χ1) is 14.5. The molecule has 0 aliphatic carbocycles. The normalized spacial score (nSPS) is 11.1. The molecular formula is C24H31N3O3. The van der Waals surface area contributed by atoms with Crippen molar-refractivity contribution in [3.05, 3.63) is 53.9 Å². The Morgan fingerprint density at radius 3 is 2.60 bits per heavy atom. The Morgan fingerprint density at radius 2 is 1.87 bits per heavy atom. The Balaban J connectivity index is 1.61. The second-order valence-corrected chi connectivity index (χ2v) is 7.82. The molecule has 0 fully saturated rings. The Bertz CT molecular complexity index is 995. The summed E-state index contributed by atoms with van der Waals surface area (Å²) in [5, 5.41) is 3.02. The van der Waals surface area contributed by atoms with E-state index in [2.05, 4.69) is 29.8 Å². The van der Waals surface area contributed by atoms with E-state index in [9.17, 15) is 4.79 Å². The average molecular weight is 410 g/mol. The van der Waals surface area contributed by atoms with Crippen LogP contribution in [0.5, 0.6) is 11.5 Å². The first-order valence-corrected chi connectivity index (χ1v) is 10.4. The van der Waals surface area contributed by atoms with Gasteiger partial charge in [-0.15, -0.1) is 0 Å². The van der Waals surface area contributed by atoms with Crippen LogP contribution >= 0.6 is 0 Å². The maximum absolute atomic E-state index is 12.4. The van der Waals surface area contributed by atoms with Crippen LogP contribution in [0, 0.1) is 5.92 Å². The number of nitrogens with zero attached hydrogens (tertiary/aromatic N) is 2. The van der Waals surface area contributed by atoms with Crippen molar-refractivity contribution >= 4 is 16.9 Å². The van der Waals surface area contributed by atoms with E-state index in [1.807, 2.05) is 36.4 Å². The standard InChI is InChI=1S/C24H31N3O3/c1-17(2)12-14-27-20-8-6-5-7-19(20)26-23(27)11-13-25-24(28)16-18-9-10-21(29-3)22(15-18)30-4/h5-10,15,17H,11-14,16H2,1-4H3,(H,25,28). The molecule has 0 atom stereocenters. The Hall–Kier alpha value is -3.02. The minimum atomic E-state index is -0.0212. The van der Waals surface area contributed by atoms with Crippen molar-refractivity contribution < 1.29 is 14.3 Å². The van der Waals surface area contributed by atoms with Gasteiger partial charge in [0.1, 0.15) is 5.82 Å². The summed E-state index contributed by atoms with van der Waals surface area (Å²) in [5.74, 6) is 2.90. The number of hydrogen-bond donors (Lipinski definition) is 1. The summed E-state index contributed by atoms with van der Waals surface area (Å²) in [6, 6.07) is 13.7. The molecule has 2 aromatic carbocycles. The molecule has 3 rings (SSSR count). The second kappa shape index (κ2) is 10.1. The molecule has 0 unspecified atom stereocenters. The summed E-state index contributed by atoms with van der Waals surface area (Å²) in [5.41, 5.74) is 3.05. The number of para-hydroxylation sites is 2. The van der Waals surface area contributed by atoms with Crippen LogP contribution in [0.3, 0.4) is 0 Å². The molecule has 1 aromatic heterocycles. The van der Waals surface area contributed by atoms with Crippen LogP contribution in [-0.2, 0) is 24.2 Å². The third-order valence-corrected chi connectivity index (χ3v) is 5.15. The minimum absolute atomic E-state index is 0.0212. The van der Waals surface area contributed by atoms with Gasteiger partial charge in [0.25, 0.3) is 0 Å². The number of imidazole rings is 1. The van der Waals surface area contributed by atoms with E-state index in [1.54, 1.807) is 14.2 Å². The van der Waals surface area contributed by atoms with Crippen LogP contribution in [0.1, 0.15) is 31.7 Å². The molecule has 0 saturated heterocycles. The van der Waals surface area contributed by atoms with Gasteiger partial charge in [-0.1, -0.05) is 32.0 Å². The van der Waals surface area contributed by atoms with E-state index in [4.69, 9.17) is 14.5 Å². The number of aryl methyl sites for hydroxylation is 1. The zero-order valence-corrected chi connectivity index (χ0v) is 18.3. The first-order valence-electron chi connectivity index (χ1n) is 10.4. The lowest BCUT2D eigenvalue weighted by Crippen LogP contribution is -2.28. The molecular weight excluding hydrogens is 378 g/mol. The largest absolute Gasteiger partial charge is 0.493 e. The third-order valence-electron chi connectivity index (χ3n) is 5.15. The topological polar surface area (TPSA) is 65.4 Å².